The van der Waals surface area contributed by atoms with E-state index in [1.807, 2.05) is 0 Å². The molecule has 154 valence electrons. The number of hydrogen-bond donors (Lipinski definition) is 1. The predicted molar refractivity (Wildman–Crippen MR) is 111 cm³/mol. The van der Waals surface area contributed by atoms with E-state index >= 15 is 0 Å². The second kappa shape index (κ2) is 14.0. The molecule has 2 rings (SSSR count). The standard InChI is InChI=1S/C24H46O2/c25-24(21-17-13-9-5-2-6-10-14-18-22-24)26-23-19-15-11-7-3-1-4-8-12-16-20-23/h23,25H,1-22H2. The van der Waals surface area contributed by atoms with Crippen LogP contribution in [0, 0.1) is 0 Å². The number of rotatable bonds is 2. The highest BCUT2D eigenvalue weighted by Gasteiger charge is 2.30. The van der Waals surface area contributed by atoms with E-state index in [9.17, 15) is 5.11 Å². The van der Waals surface area contributed by atoms with Crippen LogP contribution in [-0.2, 0) is 4.74 Å². The predicted octanol–water partition coefficient (Wildman–Crippen LogP) is 7.67. The van der Waals surface area contributed by atoms with E-state index in [1.165, 1.54) is 103 Å². The van der Waals surface area contributed by atoms with Crippen LogP contribution in [0.25, 0.3) is 0 Å². The maximum absolute atomic E-state index is 11.3. The Morgan fingerprint density at radius 3 is 1.15 bits per heavy atom. The molecule has 0 amide bonds. The van der Waals surface area contributed by atoms with Gasteiger partial charge >= 0.3 is 0 Å². The molecule has 0 bridgehead atoms. The molecular formula is C24H46O2. The van der Waals surface area contributed by atoms with Gasteiger partial charge in [0, 0.05) is 12.8 Å². The fourth-order valence-electron chi connectivity index (χ4n) is 4.84. The molecule has 1 N–H and O–H groups in total. The molecule has 0 atom stereocenters. The van der Waals surface area contributed by atoms with E-state index in [0.717, 1.165) is 38.5 Å². The smallest absolute Gasteiger partial charge is 0.165 e. The SMILES string of the molecule is OC1(OC2CCCCCCCCCCC2)CCCCCCCCCCC1. The van der Waals surface area contributed by atoms with Crippen LogP contribution in [0.2, 0.25) is 0 Å². The average Bonchev–Trinajstić information content (AvgIpc) is 2.61. The van der Waals surface area contributed by atoms with Crippen molar-refractivity contribution in [3.8, 4) is 0 Å². The Morgan fingerprint density at radius 2 is 0.769 bits per heavy atom. The zero-order chi connectivity index (χ0) is 18.3. The van der Waals surface area contributed by atoms with Crippen LogP contribution in [0.4, 0.5) is 0 Å². The summed E-state index contributed by atoms with van der Waals surface area (Å²) in [4.78, 5) is 0. The summed E-state index contributed by atoms with van der Waals surface area (Å²) < 4.78 is 6.48. The normalized spacial score (nSPS) is 26.7. The van der Waals surface area contributed by atoms with Crippen molar-refractivity contribution in [3.05, 3.63) is 0 Å². The van der Waals surface area contributed by atoms with Crippen molar-refractivity contribution in [1.82, 2.24) is 0 Å². The van der Waals surface area contributed by atoms with Crippen LogP contribution in [0.15, 0.2) is 0 Å². The van der Waals surface area contributed by atoms with E-state index < -0.39 is 5.79 Å². The molecule has 0 aliphatic heterocycles. The van der Waals surface area contributed by atoms with Crippen molar-refractivity contribution in [2.24, 2.45) is 0 Å². The monoisotopic (exact) mass is 366 g/mol. The third-order valence-electron chi connectivity index (χ3n) is 6.57. The van der Waals surface area contributed by atoms with Crippen molar-refractivity contribution in [2.75, 3.05) is 0 Å². The zero-order valence-corrected chi connectivity index (χ0v) is 17.5. The minimum absolute atomic E-state index is 0.285. The van der Waals surface area contributed by atoms with Gasteiger partial charge in [0.05, 0.1) is 6.10 Å². The van der Waals surface area contributed by atoms with Gasteiger partial charge in [-0.2, -0.15) is 0 Å². The lowest BCUT2D eigenvalue weighted by Gasteiger charge is -2.34. The lowest BCUT2D eigenvalue weighted by Crippen LogP contribution is -2.37. The summed E-state index contributed by atoms with van der Waals surface area (Å²) in [5, 5.41) is 11.3. The van der Waals surface area contributed by atoms with Crippen LogP contribution in [-0.4, -0.2) is 17.0 Å². The van der Waals surface area contributed by atoms with Gasteiger partial charge in [-0.15, -0.1) is 0 Å². The summed E-state index contributed by atoms with van der Waals surface area (Å²) in [6.45, 7) is 0. The Labute approximate surface area is 163 Å². The first-order valence-corrected chi connectivity index (χ1v) is 12.2. The molecule has 0 aromatic carbocycles. The molecule has 2 fully saturated rings. The van der Waals surface area contributed by atoms with Gasteiger partial charge in [0.1, 0.15) is 0 Å². The molecule has 0 heterocycles. The molecule has 2 heteroatoms. The fraction of sp³-hybridized carbons (Fsp3) is 1.00. The van der Waals surface area contributed by atoms with Gasteiger partial charge in [0.15, 0.2) is 5.79 Å². The molecular weight excluding hydrogens is 320 g/mol. The zero-order valence-electron chi connectivity index (χ0n) is 17.5. The minimum atomic E-state index is -0.846. The first kappa shape index (κ1) is 22.2. The van der Waals surface area contributed by atoms with Gasteiger partial charge in [-0.05, 0) is 25.7 Å². The van der Waals surface area contributed by atoms with E-state index in [4.69, 9.17) is 4.74 Å². The van der Waals surface area contributed by atoms with Gasteiger partial charge in [-0.25, -0.2) is 0 Å². The number of hydrogen-bond acceptors (Lipinski definition) is 2. The van der Waals surface area contributed by atoms with Crippen molar-refractivity contribution >= 4 is 0 Å². The Hall–Kier alpha value is -0.0800. The number of aliphatic hydroxyl groups is 1. The Morgan fingerprint density at radius 1 is 0.462 bits per heavy atom. The van der Waals surface area contributed by atoms with Gasteiger partial charge in [0.2, 0.25) is 0 Å². The second-order valence-corrected chi connectivity index (χ2v) is 9.13. The summed E-state index contributed by atoms with van der Waals surface area (Å²) >= 11 is 0. The summed E-state index contributed by atoms with van der Waals surface area (Å²) in [5.74, 6) is -0.846. The van der Waals surface area contributed by atoms with E-state index in [-0.39, 0.29) is 6.10 Å². The third-order valence-corrected chi connectivity index (χ3v) is 6.57. The van der Waals surface area contributed by atoms with E-state index in [2.05, 4.69) is 0 Å². The van der Waals surface area contributed by atoms with E-state index in [1.54, 1.807) is 0 Å². The molecule has 2 nitrogen and oxygen atoms in total. The lowest BCUT2D eigenvalue weighted by atomic mass is 9.95. The van der Waals surface area contributed by atoms with Gasteiger partial charge in [0.25, 0.3) is 0 Å². The van der Waals surface area contributed by atoms with Crippen LogP contribution < -0.4 is 0 Å². The van der Waals surface area contributed by atoms with Gasteiger partial charge in [-0.3, -0.25) is 0 Å². The van der Waals surface area contributed by atoms with Crippen LogP contribution in [0.5, 0.6) is 0 Å². The van der Waals surface area contributed by atoms with Crippen LogP contribution in [0.1, 0.15) is 141 Å². The molecule has 2 aliphatic carbocycles. The molecule has 26 heavy (non-hydrogen) atoms. The van der Waals surface area contributed by atoms with Crippen molar-refractivity contribution in [2.45, 2.75) is 153 Å². The lowest BCUT2D eigenvalue weighted by molar-refractivity contribution is -0.241. The maximum atomic E-state index is 11.3. The van der Waals surface area contributed by atoms with Gasteiger partial charge in [-0.1, -0.05) is 103 Å². The molecule has 0 radical (unpaired) electrons. The first-order chi connectivity index (χ1) is 12.8. The molecule has 0 saturated heterocycles. The first-order valence-electron chi connectivity index (χ1n) is 12.2. The third kappa shape index (κ3) is 10.3. The molecule has 0 unspecified atom stereocenters. The Kier molecular flexibility index (Phi) is 12.0. The topological polar surface area (TPSA) is 29.5 Å². The second-order valence-electron chi connectivity index (χ2n) is 9.13. The van der Waals surface area contributed by atoms with E-state index in [0.29, 0.717) is 0 Å². The average molecular weight is 367 g/mol. The fourth-order valence-corrected chi connectivity index (χ4v) is 4.84. The van der Waals surface area contributed by atoms with Crippen LogP contribution in [0.3, 0.4) is 0 Å². The molecule has 0 aromatic rings. The summed E-state index contributed by atoms with van der Waals surface area (Å²) in [6.07, 6.45) is 28.2. The largest absolute Gasteiger partial charge is 0.365 e. The molecule has 2 aliphatic rings. The number of ether oxygens (including phenoxy) is 1. The van der Waals surface area contributed by atoms with Crippen LogP contribution >= 0.6 is 0 Å². The van der Waals surface area contributed by atoms with Crippen molar-refractivity contribution < 1.29 is 9.84 Å². The highest BCUT2D eigenvalue weighted by Crippen LogP contribution is 2.30. The summed E-state index contributed by atoms with van der Waals surface area (Å²) in [7, 11) is 0. The van der Waals surface area contributed by atoms with Gasteiger partial charge < -0.3 is 9.84 Å². The molecule has 0 aromatic heterocycles. The van der Waals surface area contributed by atoms with Crippen molar-refractivity contribution in [1.29, 1.82) is 0 Å². The summed E-state index contributed by atoms with van der Waals surface area (Å²) in [6, 6.07) is 0. The molecule has 2 saturated carbocycles. The van der Waals surface area contributed by atoms with Crippen molar-refractivity contribution in [3.63, 3.8) is 0 Å². The highest BCUT2D eigenvalue weighted by molar-refractivity contribution is 4.73. The Balaban J connectivity index is 1.85. The quantitative estimate of drug-likeness (QED) is 0.508. The maximum Gasteiger partial charge on any atom is 0.165 e. The molecule has 0 spiro atoms. The summed E-state index contributed by atoms with van der Waals surface area (Å²) in [5.41, 5.74) is 0. The Bertz CT molecular complexity index is 304. The highest BCUT2D eigenvalue weighted by atomic mass is 16.6. The minimum Gasteiger partial charge on any atom is -0.365 e.